The van der Waals surface area contributed by atoms with Crippen LogP contribution in [0.15, 0.2) is 18.2 Å². The molecule has 0 atom stereocenters. The zero-order valence-corrected chi connectivity index (χ0v) is 9.59. The van der Waals surface area contributed by atoms with E-state index < -0.39 is 5.82 Å². The lowest BCUT2D eigenvalue weighted by Gasteiger charge is -2.15. The minimum Gasteiger partial charge on any atom is -0.396 e. The van der Waals surface area contributed by atoms with Crippen LogP contribution in [0.4, 0.5) is 10.1 Å². The van der Waals surface area contributed by atoms with Crippen molar-refractivity contribution in [2.24, 2.45) is 0 Å². The van der Waals surface area contributed by atoms with E-state index in [1.807, 2.05) is 13.8 Å². The molecule has 0 heterocycles. The number of nitrogens with two attached hydrogens (primary N) is 1. The predicted octanol–water partition coefficient (Wildman–Crippen LogP) is 2.33. The molecule has 3 N–H and O–H groups in total. The maximum atomic E-state index is 13.1. The van der Waals surface area contributed by atoms with Gasteiger partial charge in [-0.3, -0.25) is 4.79 Å². The van der Waals surface area contributed by atoms with Gasteiger partial charge in [0.05, 0.1) is 11.3 Å². The number of anilines is 1. The van der Waals surface area contributed by atoms with Crippen LogP contribution in [0.2, 0.25) is 0 Å². The Bertz CT molecular complexity index is 375. The molecular formula is C12H17FN2O. The smallest absolute Gasteiger partial charge is 0.253 e. The summed E-state index contributed by atoms with van der Waals surface area (Å²) in [6.45, 7) is 3.98. The number of nitrogens with one attached hydrogen (secondary N) is 1. The van der Waals surface area contributed by atoms with E-state index in [0.29, 0.717) is 0 Å². The number of amides is 1. The third kappa shape index (κ3) is 2.72. The summed E-state index contributed by atoms with van der Waals surface area (Å²) in [7, 11) is 0. The average molecular weight is 224 g/mol. The van der Waals surface area contributed by atoms with Gasteiger partial charge < -0.3 is 11.1 Å². The Balaban J connectivity index is 2.84. The van der Waals surface area contributed by atoms with Crippen LogP contribution in [0.5, 0.6) is 0 Å². The van der Waals surface area contributed by atoms with E-state index in [1.165, 1.54) is 18.2 Å². The number of hydrogen-bond acceptors (Lipinski definition) is 2. The Labute approximate surface area is 94.8 Å². The van der Waals surface area contributed by atoms with Crippen LogP contribution in [0.3, 0.4) is 0 Å². The van der Waals surface area contributed by atoms with Crippen LogP contribution in [0.1, 0.15) is 37.0 Å². The monoisotopic (exact) mass is 224 g/mol. The quantitative estimate of drug-likeness (QED) is 0.771. The van der Waals surface area contributed by atoms with Crippen LogP contribution >= 0.6 is 0 Å². The normalized spacial score (nSPS) is 10.5. The maximum absolute atomic E-state index is 13.1. The molecule has 16 heavy (non-hydrogen) atoms. The minimum atomic E-state index is -0.558. The number of carbonyl (C=O) groups is 1. The molecule has 1 rings (SSSR count). The first-order valence-corrected chi connectivity index (χ1v) is 5.45. The standard InChI is InChI=1S/C12H17FN2O/c1-3-8(4-2)15-12(16)9-6-5-7-10(13)11(9)14/h5-8H,3-4,14H2,1-2H3,(H,15,16). The largest absolute Gasteiger partial charge is 0.396 e. The molecule has 0 spiro atoms. The average Bonchev–Trinajstić information content (AvgIpc) is 2.29. The highest BCUT2D eigenvalue weighted by molar-refractivity contribution is 5.99. The van der Waals surface area contributed by atoms with Gasteiger partial charge in [-0.2, -0.15) is 0 Å². The Morgan fingerprint density at radius 1 is 1.44 bits per heavy atom. The summed E-state index contributed by atoms with van der Waals surface area (Å²) in [4.78, 5) is 11.8. The molecule has 3 nitrogen and oxygen atoms in total. The molecule has 0 aromatic heterocycles. The summed E-state index contributed by atoms with van der Waals surface area (Å²) in [6, 6.07) is 4.35. The molecule has 1 amide bonds. The second kappa shape index (κ2) is 5.49. The van der Waals surface area contributed by atoms with E-state index in [9.17, 15) is 9.18 Å². The first-order valence-electron chi connectivity index (χ1n) is 5.45. The molecule has 0 aliphatic carbocycles. The predicted molar refractivity (Wildman–Crippen MR) is 62.6 cm³/mol. The summed E-state index contributed by atoms with van der Waals surface area (Å²) < 4.78 is 13.1. The summed E-state index contributed by atoms with van der Waals surface area (Å²) in [5.41, 5.74) is 5.62. The molecule has 0 saturated carbocycles. The number of para-hydroxylation sites is 1. The van der Waals surface area contributed by atoms with Crippen molar-refractivity contribution in [1.29, 1.82) is 0 Å². The van der Waals surface area contributed by atoms with E-state index in [1.54, 1.807) is 0 Å². The first-order chi connectivity index (χ1) is 7.60. The Kier molecular flexibility index (Phi) is 4.28. The van der Waals surface area contributed by atoms with Gasteiger partial charge in [0.2, 0.25) is 0 Å². The van der Waals surface area contributed by atoms with Crippen LogP contribution in [-0.2, 0) is 0 Å². The van der Waals surface area contributed by atoms with Gasteiger partial charge in [-0.25, -0.2) is 4.39 Å². The van der Waals surface area contributed by atoms with Crippen LogP contribution in [-0.4, -0.2) is 11.9 Å². The van der Waals surface area contributed by atoms with E-state index in [4.69, 9.17) is 5.73 Å². The molecule has 0 aliphatic rings. The fourth-order valence-corrected chi connectivity index (χ4v) is 1.49. The van der Waals surface area contributed by atoms with Crippen molar-refractivity contribution in [3.05, 3.63) is 29.6 Å². The highest BCUT2D eigenvalue weighted by Crippen LogP contribution is 2.15. The Morgan fingerprint density at radius 3 is 2.62 bits per heavy atom. The van der Waals surface area contributed by atoms with Gasteiger partial charge in [-0.05, 0) is 25.0 Å². The van der Waals surface area contributed by atoms with E-state index >= 15 is 0 Å². The van der Waals surface area contributed by atoms with Gasteiger partial charge in [0.15, 0.2) is 0 Å². The van der Waals surface area contributed by atoms with Crippen LogP contribution < -0.4 is 11.1 Å². The van der Waals surface area contributed by atoms with E-state index in [0.717, 1.165) is 12.8 Å². The number of hydrogen-bond donors (Lipinski definition) is 2. The lowest BCUT2D eigenvalue weighted by atomic mass is 10.1. The summed E-state index contributed by atoms with van der Waals surface area (Å²) in [5, 5.41) is 2.82. The third-order valence-corrected chi connectivity index (χ3v) is 2.62. The molecule has 0 fully saturated rings. The SMILES string of the molecule is CCC(CC)NC(=O)c1cccc(F)c1N. The highest BCUT2D eigenvalue weighted by Gasteiger charge is 2.14. The molecule has 1 aromatic rings. The zero-order chi connectivity index (χ0) is 12.1. The van der Waals surface area contributed by atoms with Gasteiger partial charge in [-0.15, -0.1) is 0 Å². The van der Waals surface area contributed by atoms with Crippen LogP contribution in [0.25, 0.3) is 0 Å². The van der Waals surface area contributed by atoms with Crippen molar-refractivity contribution in [3.8, 4) is 0 Å². The molecule has 1 aromatic carbocycles. The van der Waals surface area contributed by atoms with Gasteiger partial charge in [-0.1, -0.05) is 19.9 Å². The molecule has 0 radical (unpaired) electrons. The van der Waals surface area contributed by atoms with Crippen molar-refractivity contribution in [2.45, 2.75) is 32.7 Å². The zero-order valence-electron chi connectivity index (χ0n) is 9.59. The minimum absolute atomic E-state index is 0.0917. The van der Waals surface area contributed by atoms with Gasteiger partial charge in [0.1, 0.15) is 5.82 Å². The molecule has 0 unspecified atom stereocenters. The third-order valence-electron chi connectivity index (χ3n) is 2.62. The molecule has 0 bridgehead atoms. The Hall–Kier alpha value is -1.58. The first kappa shape index (κ1) is 12.5. The molecule has 0 saturated heterocycles. The summed E-state index contributed by atoms with van der Waals surface area (Å²) in [6.07, 6.45) is 1.69. The highest BCUT2D eigenvalue weighted by atomic mass is 19.1. The van der Waals surface area contributed by atoms with E-state index in [2.05, 4.69) is 5.32 Å². The van der Waals surface area contributed by atoms with Gasteiger partial charge >= 0.3 is 0 Å². The lowest BCUT2D eigenvalue weighted by molar-refractivity contribution is 0.0935. The number of carbonyl (C=O) groups excluding carboxylic acids is 1. The van der Waals surface area contributed by atoms with Crippen LogP contribution in [0, 0.1) is 5.82 Å². The van der Waals surface area contributed by atoms with Crippen molar-refractivity contribution in [1.82, 2.24) is 5.32 Å². The molecule has 4 heteroatoms. The number of nitrogen functional groups attached to an aromatic ring is 1. The fourth-order valence-electron chi connectivity index (χ4n) is 1.49. The fraction of sp³-hybridized carbons (Fsp3) is 0.417. The molecule has 0 aliphatic heterocycles. The van der Waals surface area contributed by atoms with Crippen molar-refractivity contribution < 1.29 is 9.18 Å². The molecule has 88 valence electrons. The summed E-state index contributed by atoms with van der Waals surface area (Å²) >= 11 is 0. The lowest BCUT2D eigenvalue weighted by Crippen LogP contribution is -2.34. The second-order valence-corrected chi connectivity index (χ2v) is 3.69. The second-order valence-electron chi connectivity index (χ2n) is 3.69. The van der Waals surface area contributed by atoms with Crippen molar-refractivity contribution in [3.63, 3.8) is 0 Å². The number of rotatable bonds is 4. The maximum Gasteiger partial charge on any atom is 0.253 e. The van der Waals surface area contributed by atoms with Gasteiger partial charge in [0.25, 0.3) is 5.91 Å². The molecular weight excluding hydrogens is 207 g/mol. The topological polar surface area (TPSA) is 55.1 Å². The summed E-state index contributed by atoms with van der Waals surface area (Å²) in [5.74, 6) is -0.872. The Morgan fingerprint density at radius 2 is 2.06 bits per heavy atom. The number of halogens is 1. The number of benzene rings is 1. The van der Waals surface area contributed by atoms with E-state index in [-0.39, 0.29) is 23.2 Å². The van der Waals surface area contributed by atoms with Gasteiger partial charge in [0, 0.05) is 6.04 Å². The van der Waals surface area contributed by atoms with Crippen molar-refractivity contribution in [2.75, 3.05) is 5.73 Å². The van der Waals surface area contributed by atoms with Crippen molar-refractivity contribution >= 4 is 11.6 Å².